The van der Waals surface area contributed by atoms with Crippen LogP contribution in [0.2, 0.25) is 0 Å². The van der Waals surface area contributed by atoms with E-state index in [1.54, 1.807) is 6.33 Å². The molecule has 0 unspecified atom stereocenters. The van der Waals surface area contributed by atoms with Crippen molar-refractivity contribution >= 4 is 21.9 Å². The van der Waals surface area contributed by atoms with Crippen molar-refractivity contribution in [2.24, 2.45) is 11.1 Å². The number of hydrogen-bond acceptors (Lipinski definition) is 7. The quantitative estimate of drug-likeness (QED) is 0.649. The first-order chi connectivity index (χ1) is 13.5. The largest absolute Gasteiger partial charge is 0.367 e. The predicted octanol–water partition coefficient (Wildman–Crippen LogP) is 2.38. The SMILES string of the molecule is NS(=O)(=O)OC[C@@H]1CC[C@H](Nc2cc(N[C@@H]3CCc4ccccc43)ncn2)C1. The van der Waals surface area contributed by atoms with Crippen LogP contribution in [0.4, 0.5) is 11.6 Å². The maximum Gasteiger partial charge on any atom is 0.333 e. The van der Waals surface area contributed by atoms with Crippen molar-refractivity contribution in [3.63, 3.8) is 0 Å². The maximum atomic E-state index is 10.9. The molecule has 4 N–H and O–H groups in total. The fraction of sp³-hybridized carbons (Fsp3) is 0.474. The number of nitrogens with zero attached hydrogens (tertiary/aromatic N) is 2. The van der Waals surface area contributed by atoms with Crippen molar-refractivity contribution in [1.29, 1.82) is 0 Å². The van der Waals surface area contributed by atoms with Gasteiger partial charge in [-0.15, -0.1) is 0 Å². The van der Waals surface area contributed by atoms with Gasteiger partial charge in [-0.05, 0) is 49.1 Å². The van der Waals surface area contributed by atoms with Crippen molar-refractivity contribution < 1.29 is 12.6 Å². The Morgan fingerprint density at radius 2 is 1.89 bits per heavy atom. The highest BCUT2D eigenvalue weighted by Crippen LogP contribution is 2.33. The molecule has 4 rings (SSSR count). The topological polar surface area (TPSA) is 119 Å². The number of rotatable bonds is 7. The Kier molecular flexibility index (Phi) is 5.47. The van der Waals surface area contributed by atoms with Crippen LogP contribution in [0, 0.1) is 5.92 Å². The van der Waals surface area contributed by atoms with Crippen LogP contribution in [0.25, 0.3) is 0 Å². The van der Waals surface area contributed by atoms with E-state index in [1.165, 1.54) is 11.1 Å². The molecule has 2 aliphatic carbocycles. The molecule has 0 spiro atoms. The van der Waals surface area contributed by atoms with E-state index >= 15 is 0 Å². The molecule has 9 heteroatoms. The van der Waals surface area contributed by atoms with Crippen molar-refractivity contribution in [2.45, 2.75) is 44.2 Å². The molecule has 2 aliphatic rings. The summed E-state index contributed by atoms with van der Waals surface area (Å²) < 4.78 is 26.6. The molecule has 8 nitrogen and oxygen atoms in total. The zero-order valence-electron chi connectivity index (χ0n) is 15.5. The summed E-state index contributed by atoms with van der Waals surface area (Å²) >= 11 is 0. The second kappa shape index (κ2) is 8.02. The molecule has 0 bridgehead atoms. The summed E-state index contributed by atoms with van der Waals surface area (Å²) in [4.78, 5) is 8.68. The highest BCUT2D eigenvalue weighted by molar-refractivity contribution is 7.84. The predicted molar refractivity (Wildman–Crippen MR) is 107 cm³/mol. The molecule has 1 fully saturated rings. The van der Waals surface area contributed by atoms with Crippen LogP contribution in [0.3, 0.4) is 0 Å². The molecule has 0 saturated heterocycles. The number of nitrogens with two attached hydrogens (primary N) is 1. The van der Waals surface area contributed by atoms with Crippen molar-refractivity contribution in [3.05, 3.63) is 47.8 Å². The lowest BCUT2D eigenvalue weighted by molar-refractivity contribution is 0.256. The number of fused-ring (bicyclic) bond motifs is 1. The van der Waals surface area contributed by atoms with E-state index in [0.29, 0.717) is 0 Å². The zero-order chi connectivity index (χ0) is 19.6. The third-order valence-electron chi connectivity index (χ3n) is 5.48. The molecule has 0 amide bonds. The fourth-order valence-corrected chi connectivity index (χ4v) is 4.54. The van der Waals surface area contributed by atoms with Gasteiger partial charge in [-0.3, -0.25) is 4.18 Å². The number of anilines is 2. The third-order valence-corrected chi connectivity index (χ3v) is 5.95. The fourth-order valence-electron chi connectivity index (χ4n) is 4.16. The molecule has 0 aliphatic heterocycles. The normalized spacial score (nSPS) is 24.1. The molecule has 1 aromatic carbocycles. The standard InChI is InChI=1S/C19H25N5O3S/c20-28(25,26)27-11-13-5-7-15(9-13)23-18-10-19(22-12-21-18)24-17-8-6-14-3-1-2-4-16(14)17/h1-4,10,12-13,15,17H,5-9,11H2,(H2,20,25,26)(H2,21,22,23,24)/t13-,15+,17-/m1/s1. The van der Waals surface area contributed by atoms with Gasteiger partial charge in [0, 0.05) is 12.1 Å². The number of benzene rings is 1. The number of hydrogen-bond donors (Lipinski definition) is 3. The molecule has 28 heavy (non-hydrogen) atoms. The van der Waals surface area contributed by atoms with Crippen molar-refractivity contribution in [1.82, 2.24) is 9.97 Å². The van der Waals surface area contributed by atoms with Crippen LogP contribution in [-0.2, 0) is 20.9 Å². The Bertz CT molecular complexity index is 937. The highest BCUT2D eigenvalue weighted by Gasteiger charge is 2.26. The summed E-state index contributed by atoms with van der Waals surface area (Å²) in [7, 11) is -3.88. The molecule has 1 aromatic heterocycles. The highest BCUT2D eigenvalue weighted by atomic mass is 32.2. The van der Waals surface area contributed by atoms with Crippen LogP contribution in [0.1, 0.15) is 42.9 Å². The second-order valence-electron chi connectivity index (χ2n) is 7.52. The van der Waals surface area contributed by atoms with Gasteiger partial charge in [-0.25, -0.2) is 15.1 Å². The number of aromatic nitrogens is 2. The first-order valence-electron chi connectivity index (χ1n) is 9.56. The summed E-state index contributed by atoms with van der Waals surface area (Å²) in [5, 5.41) is 11.8. The van der Waals surface area contributed by atoms with E-state index in [9.17, 15) is 8.42 Å². The van der Waals surface area contributed by atoms with Crippen molar-refractivity contribution in [3.8, 4) is 0 Å². The molecule has 3 atom stereocenters. The van der Waals surface area contributed by atoms with E-state index < -0.39 is 10.3 Å². The second-order valence-corrected chi connectivity index (χ2v) is 8.74. The molecule has 1 heterocycles. The first-order valence-corrected chi connectivity index (χ1v) is 11.0. The minimum atomic E-state index is -3.88. The first kappa shape index (κ1) is 19.1. The monoisotopic (exact) mass is 403 g/mol. The summed E-state index contributed by atoms with van der Waals surface area (Å²) in [5.74, 6) is 1.73. The molecular formula is C19H25N5O3S. The van der Waals surface area contributed by atoms with Gasteiger partial charge in [0.05, 0.1) is 12.6 Å². The minimum Gasteiger partial charge on any atom is -0.367 e. The lowest BCUT2D eigenvalue weighted by Gasteiger charge is -2.17. The van der Waals surface area contributed by atoms with E-state index in [2.05, 4.69) is 44.9 Å². The van der Waals surface area contributed by atoms with Gasteiger partial charge < -0.3 is 10.6 Å². The Morgan fingerprint density at radius 1 is 1.11 bits per heavy atom. The smallest absolute Gasteiger partial charge is 0.333 e. The Morgan fingerprint density at radius 3 is 2.71 bits per heavy atom. The van der Waals surface area contributed by atoms with Gasteiger partial charge in [0.25, 0.3) is 0 Å². The van der Waals surface area contributed by atoms with Gasteiger partial charge in [0.1, 0.15) is 18.0 Å². The summed E-state index contributed by atoms with van der Waals surface area (Å²) in [6, 6.07) is 10.9. The van der Waals surface area contributed by atoms with Crippen LogP contribution < -0.4 is 15.8 Å². The molecular weight excluding hydrogens is 378 g/mol. The Balaban J connectivity index is 1.34. The van der Waals surface area contributed by atoms with E-state index in [-0.39, 0.29) is 24.6 Å². The summed E-state index contributed by atoms with van der Waals surface area (Å²) in [5.41, 5.74) is 2.73. The Labute approximate surface area is 165 Å². The van der Waals surface area contributed by atoms with Gasteiger partial charge in [-0.2, -0.15) is 8.42 Å². The Hall–Kier alpha value is -2.23. The summed E-state index contributed by atoms with van der Waals surface area (Å²) in [6.45, 7) is 0.134. The summed E-state index contributed by atoms with van der Waals surface area (Å²) in [6.07, 6.45) is 6.33. The lowest BCUT2D eigenvalue weighted by atomic mass is 10.1. The average molecular weight is 404 g/mol. The van der Waals surface area contributed by atoms with E-state index in [4.69, 9.17) is 9.32 Å². The molecule has 150 valence electrons. The maximum absolute atomic E-state index is 10.9. The third kappa shape index (κ3) is 4.78. The van der Waals surface area contributed by atoms with Gasteiger partial charge in [0.15, 0.2) is 0 Å². The van der Waals surface area contributed by atoms with Crippen LogP contribution in [0.15, 0.2) is 36.7 Å². The molecule has 1 saturated carbocycles. The van der Waals surface area contributed by atoms with Gasteiger partial charge >= 0.3 is 10.3 Å². The molecule has 2 aromatic rings. The van der Waals surface area contributed by atoms with E-state index in [0.717, 1.165) is 43.7 Å². The van der Waals surface area contributed by atoms with Crippen LogP contribution in [0.5, 0.6) is 0 Å². The zero-order valence-corrected chi connectivity index (χ0v) is 16.4. The van der Waals surface area contributed by atoms with Crippen molar-refractivity contribution in [2.75, 3.05) is 17.2 Å². The minimum absolute atomic E-state index is 0.134. The van der Waals surface area contributed by atoms with Gasteiger partial charge in [-0.1, -0.05) is 24.3 Å². The lowest BCUT2D eigenvalue weighted by Crippen LogP contribution is -2.21. The van der Waals surface area contributed by atoms with Crippen LogP contribution in [-0.4, -0.2) is 31.0 Å². The number of nitrogens with one attached hydrogen (secondary N) is 2. The van der Waals surface area contributed by atoms with Crippen LogP contribution >= 0.6 is 0 Å². The molecule has 0 radical (unpaired) electrons. The average Bonchev–Trinajstić information content (AvgIpc) is 3.27. The van der Waals surface area contributed by atoms with Gasteiger partial charge in [0.2, 0.25) is 0 Å². The number of aryl methyl sites for hydroxylation is 1. The van der Waals surface area contributed by atoms with E-state index in [1.807, 2.05) is 6.07 Å².